The molecule has 0 heterocycles. The Morgan fingerprint density at radius 3 is 2.29 bits per heavy atom. The molecular weight excluding hydrogens is 264 g/mol. The highest BCUT2D eigenvalue weighted by Gasteiger charge is 2.21. The number of aliphatic carboxylic acids is 1. The van der Waals surface area contributed by atoms with Gasteiger partial charge in [-0.1, -0.05) is 30.3 Å². The van der Waals surface area contributed by atoms with Crippen LogP contribution in [0, 0.1) is 20.8 Å². The zero-order valence-corrected chi connectivity index (χ0v) is 12.6. The van der Waals surface area contributed by atoms with Gasteiger partial charge >= 0.3 is 5.97 Å². The van der Waals surface area contributed by atoms with Crippen molar-refractivity contribution in [2.75, 3.05) is 0 Å². The summed E-state index contributed by atoms with van der Waals surface area (Å²) < 4.78 is 5.67. The van der Waals surface area contributed by atoms with Gasteiger partial charge in [0.2, 0.25) is 0 Å². The van der Waals surface area contributed by atoms with E-state index in [4.69, 9.17) is 4.74 Å². The van der Waals surface area contributed by atoms with Gasteiger partial charge in [0.25, 0.3) is 0 Å². The minimum atomic E-state index is -0.945. The van der Waals surface area contributed by atoms with Crippen molar-refractivity contribution in [3.63, 3.8) is 0 Å². The number of carbonyl (C=O) groups is 1. The van der Waals surface area contributed by atoms with E-state index in [2.05, 4.69) is 0 Å². The maximum Gasteiger partial charge on any atom is 0.345 e. The first-order valence-corrected chi connectivity index (χ1v) is 6.98. The maximum absolute atomic E-state index is 11.5. The van der Waals surface area contributed by atoms with Crippen LogP contribution in [0.15, 0.2) is 42.5 Å². The Labute approximate surface area is 125 Å². The topological polar surface area (TPSA) is 46.5 Å². The molecule has 3 heteroatoms. The quantitative estimate of drug-likeness (QED) is 0.911. The fourth-order valence-electron chi connectivity index (χ4n) is 2.39. The second-order valence-corrected chi connectivity index (χ2v) is 5.34. The third-order valence-corrected chi connectivity index (χ3v) is 3.58. The van der Waals surface area contributed by atoms with Crippen molar-refractivity contribution in [3.8, 4) is 5.75 Å². The summed E-state index contributed by atoms with van der Waals surface area (Å²) in [5.41, 5.74) is 4.27. The van der Waals surface area contributed by atoms with Gasteiger partial charge in [-0.25, -0.2) is 4.79 Å². The lowest BCUT2D eigenvalue weighted by Gasteiger charge is -2.18. The molecule has 0 radical (unpaired) electrons. The summed E-state index contributed by atoms with van der Waals surface area (Å²) in [6.45, 7) is 5.94. The molecule has 1 atom stereocenters. The summed E-state index contributed by atoms with van der Waals surface area (Å²) >= 11 is 0. The molecule has 110 valence electrons. The van der Waals surface area contributed by atoms with Crippen LogP contribution >= 0.6 is 0 Å². The van der Waals surface area contributed by atoms with Gasteiger partial charge in [0.05, 0.1) is 0 Å². The molecule has 3 nitrogen and oxygen atoms in total. The van der Waals surface area contributed by atoms with Crippen LogP contribution in [-0.2, 0) is 11.2 Å². The molecule has 2 aromatic carbocycles. The van der Waals surface area contributed by atoms with Crippen molar-refractivity contribution >= 4 is 5.97 Å². The van der Waals surface area contributed by atoms with E-state index in [9.17, 15) is 9.90 Å². The Morgan fingerprint density at radius 1 is 1.10 bits per heavy atom. The third kappa shape index (κ3) is 3.85. The van der Waals surface area contributed by atoms with Gasteiger partial charge in [0.15, 0.2) is 6.10 Å². The van der Waals surface area contributed by atoms with Crippen LogP contribution in [0.4, 0.5) is 0 Å². The van der Waals surface area contributed by atoms with Gasteiger partial charge in [-0.15, -0.1) is 0 Å². The second kappa shape index (κ2) is 6.44. The standard InChI is InChI=1S/C18H20O3/c1-12-6-4-9-15(10-12)21-17(18(19)20)11-16-13(2)7-5-8-14(16)3/h4-10,17H,11H2,1-3H3,(H,19,20)/t17-/m0/s1. The highest BCUT2D eigenvalue weighted by molar-refractivity contribution is 5.73. The van der Waals surface area contributed by atoms with Crippen molar-refractivity contribution in [2.45, 2.75) is 33.3 Å². The van der Waals surface area contributed by atoms with Crippen LogP contribution < -0.4 is 4.74 Å². The van der Waals surface area contributed by atoms with Crippen LogP contribution in [0.25, 0.3) is 0 Å². The molecule has 0 saturated heterocycles. The van der Waals surface area contributed by atoms with Crippen LogP contribution in [0.2, 0.25) is 0 Å². The van der Waals surface area contributed by atoms with Gasteiger partial charge < -0.3 is 9.84 Å². The van der Waals surface area contributed by atoms with Gasteiger partial charge in [-0.05, 0) is 55.2 Å². The predicted molar refractivity (Wildman–Crippen MR) is 82.9 cm³/mol. The first kappa shape index (κ1) is 15.1. The molecule has 0 unspecified atom stereocenters. The van der Waals surface area contributed by atoms with Crippen LogP contribution in [0.1, 0.15) is 22.3 Å². The minimum Gasteiger partial charge on any atom is -0.478 e. The van der Waals surface area contributed by atoms with Crippen molar-refractivity contribution in [1.29, 1.82) is 0 Å². The summed E-state index contributed by atoms with van der Waals surface area (Å²) in [6.07, 6.45) is -0.520. The molecule has 2 rings (SSSR count). The van der Waals surface area contributed by atoms with E-state index in [1.165, 1.54) is 0 Å². The van der Waals surface area contributed by atoms with Crippen molar-refractivity contribution < 1.29 is 14.6 Å². The number of aryl methyl sites for hydroxylation is 3. The van der Waals surface area contributed by atoms with E-state index < -0.39 is 12.1 Å². The molecule has 2 aromatic rings. The lowest BCUT2D eigenvalue weighted by Crippen LogP contribution is -2.30. The predicted octanol–water partition coefficient (Wildman–Crippen LogP) is 3.69. The molecule has 0 fully saturated rings. The zero-order valence-electron chi connectivity index (χ0n) is 12.6. The normalized spacial score (nSPS) is 12.0. The smallest absolute Gasteiger partial charge is 0.345 e. The Bertz CT molecular complexity index is 626. The lowest BCUT2D eigenvalue weighted by molar-refractivity contribution is -0.145. The summed E-state index contributed by atoms with van der Waals surface area (Å²) in [5.74, 6) is -0.354. The average Bonchev–Trinajstić information content (AvgIpc) is 2.41. The number of benzene rings is 2. The molecule has 0 aliphatic rings. The van der Waals surface area contributed by atoms with E-state index in [1.807, 2.05) is 57.2 Å². The highest BCUT2D eigenvalue weighted by Crippen LogP contribution is 2.20. The average molecular weight is 284 g/mol. The van der Waals surface area contributed by atoms with Gasteiger partial charge in [0.1, 0.15) is 5.75 Å². The van der Waals surface area contributed by atoms with Crippen molar-refractivity contribution in [1.82, 2.24) is 0 Å². The Hall–Kier alpha value is -2.29. The van der Waals surface area contributed by atoms with Crippen molar-refractivity contribution in [2.24, 2.45) is 0 Å². The van der Waals surface area contributed by atoms with Gasteiger partial charge in [0, 0.05) is 6.42 Å². The van der Waals surface area contributed by atoms with Crippen LogP contribution in [-0.4, -0.2) is 17.2 Å². The van der Waals surface area contributed by atoms with E-state index in [1.54, 1.807) is 6.07 Å². The second-order valence-electron chi connectivity index (χ2n) is 5.34. The fraction of sp³-hybridized carbons (Fsp3) is 0.278. The number of hydrogen-bond acceptors (Lipinski definition) is 2. The van der Waals surface area contributed by atoms with E-state index >= 15 is 0 Å². The molecule has 0 aliphatic heterocycles. The highest BCUT2D eigenvalue weighted by atomic mass is 16.5. The SMILES string of the molecule is Cc1cccc(O[C@@H](Cc2c(C)cccc2C)C(=O)O)c1. The Morgan fingerprint density at radius 2 is 1.71 bits per heavy atom. The molecule has 0 amide bonds. The maximum atomic E-state index is 11.5. The third-order valence-electron chi connectivity index (χ3n) is 3.58. The van der Waals surface area contributed by atoms with Gasteiger partial charge in [-0.3, -0.25) is 0 Å². The number of rotatable bonds is 5. The Balaban J connectivity index is 2.22. The lowest BCUT2D eigenvalue weighted by atomic mass is 9.97. The molecule has 1 N–H and O–H groups in total. The molecule has 0 bridgehead atoms. The summed E-state index contributed by atoms with van der Waals surface area (Å²) in [4.78, 5) is 11.5. The van der Waals surface area contributed by atoms with Crippen LogP contribution in [0.3, 0.4) is 0 Å². The monoisotopic (exact) mass is 284 g/mol. The van der Waals surface area contributed by atoms with E-state index in [0.717, 1.165) is 22.3 Å². The summed E-state index contributed by atoms with van der Waals surface area (Å²) in [7, 11) is 0. The molecule has 0 spiro atoms. The first-order valence-electron chi connectivity index (χ1n) is 6.98. The number of carboxylic acid groups (broad SMARTS) is 1. The molecule has 21 heavy (non-hydrogen) atoms. The molecule has 0 aliphatic carbocycles. The van der Waals surface area contributed by atoms with E-state index in [0.29, 0.717) is 12.2 Å². The number of ether oxygens (including phenoxy) is 1. The summed E-state index contributed by atoms with van der Waals surface area (Å²) in [5, 5.41) is 9.42. The largest absolute Gasteiger partial charge is 0.478 e. The first-order chi connectivity index (χ1) is 9.97. The minimum absolute atomic E-state index is 0.363. The van der Waals surface area contributed by atoms with E-state index in [-0.39, 0.29) is 0 Å². The van der Waals surface area contributed by atoms with Crippen LogP contribution in [0.5, 0.6) is 5.75 Å². The zero-order chi connectivity index (χ0) is 15.4. The molecule has 0 aromatic heterocycles. The summed E-state index contributed by atoms with van der Waals surface area (Å²) in [6, 6.07) is 13.4. The van der Waals surface area contributed by atoms with Crippen molar-refractivity contribution in [3.05, 3.63) is 64.7 Å². The molecular formula is C18H20O3. The fourth-order valence-corrected chi connectivity index (χ4v) is 2.39. The molecule has 0 saturated carbocycles. The Kier molecular flexibility index (Phi) is 4.63. The van der Waals surface area contributed by atoms with Gasteiger partial charge in [-0.2, -0.15) is 0 Å². The number of carboxylic acids is 1. The number of hydrogen-bond donors (Lipinski definition) is 1.